The van der Waals surface area contributed by atoms with E-state index in [-0.39, 0.29) is 16.0 Å². The summed E-state index contributed by atoms with van der Waals surface area (Å²) >= 11 is 10.7. The van der Waals surface area contributed by atoms with E-state index in [2.05, 4.69) is 9.97 Å². The van der Waals surface area contributed by atoms with Crippen LogP contribution in [-0.2, 0) is 0 Å². The van der Waals surface area contributed by atoms with Crippen LogP contribution < -0.4 is 5.11 Å². The van der Waals surface area contributed by atoms with Crippen molar-refractivity contribution < 1.29 is 9.90 Å². The van der Waals surface area contributed by atoms with E-state index >= 15 is 0 Å². The van der Waals surface area contributed by atoms with Crippen LogP contribution >= 0.6 is 23.2 Å². The normalized spacial score (nSPS) is 9.64. The summed E-state index contributed by atoms with van der Waals surface area (Å²) in [5.41, 5.74) is -0.268. The molecular weight excluding hydrogens is 191 g/mol. The number of carboxylic acid groups (broad SMARTS) is 1. The zero-order valence-corrected chi connectivity index (χ0v) is 6.56. The van der Waals surface area contributed by atoms with Gasteiger partial charge >= 0.3 is 0 Å². The number of hydrogen-bond acceptors (Lipinski definition) is 4. The molecule has 11 heavy (non-hydrogen) atoms. The van der Waals surface area contributed by atoms with Crippen molar-refractivity contribution in [2.45, 2.75) is 0 Å². The SMILES string of the molecule is O=C([O-])c1cnc(Cl)nc1Cl. The van der Waals surface area contributed by atoms with Crippen LogP contribution in [-0.4, -0.2) is 15.9 Å². The summed E-state index contributed by atoms with van der Waals surface area (Å²) in [6, 6.07) is 0. The molecular formula is C5HCl2N2O2-. The van der Waals surface area contributed by atoms with Gasteiger partial charge in [0.25, 0.3) is 0 Å². The molecule has 4 nitrogen and oxygen atoms in total. The first-order valence-electron chi connectivity index (χ1n) is 2.50. The molecule has 0 atom stereocenters. The van der Waals surface area contributed by atoms with Crippen LogP contribution in [0.15, 0.2) is 6.20 Å². The fourth-order valence-corrected chi connectivity index (χ4v) is 0.861. The molecule has 0 radical (unpaired) electrons. The van der Waals surface area contributed by atoms with Gasteiger partial charge in [-0.1, -0.05) is 11.6 Å². The summed E-state index contributed by atoms with van der Waals surface area (Å²) in [6.45, 7) is 0. The predicted octanol–water partition coefficient (Wildman–Crippen LogP) is 0.147. The second kappa shape index (κ2) is 3.02. The third kappa shape index (κ3) is 1.78. The van der Waals surface area contributed by atoms with Crippen LogP contribution in [0.1, 0.15) is 10.4 Å². The molecule has 0 amide bonds. The Labute approximate surface area is 71.8 Å². The standard InChI is InChI=1S/C5H2Cl2N2O2/c6-3-2(4(10)11)1-8-5(7)9-3/h1H,(H,10,11)/p-1. The molecule has 0 fully saturated rings. The Balaban J connectivity index is 3.20. The highest BCUT2D eigenvalue weighted by molar-refractivity contribution is 6.33. The second-order valence-electron chi connectivity index (χ2n) is 1.63. The van der Waals surface area contributed by atoms with Gasteiger partial charge in [0.1, 0.15) is 5.15 Å². The van der Waals surface area contributed by atoms with Crippen molar-refractivity contribution in [1.82, 2.24) is 9.97 Å². The second-order valence-corrected chi connectivity index (χ2v) is 2.33. The van der Waals surface area contributed by atoms with Gasteiger partial charge in [0, 0.05) is 6.20 Å². The first-order chi connectivity index (χ1) is 5.11. The van der Waals surface area contributed by atoms with Gasteiger partial charge < -0.3 is 9.90 Å². The van der Waals surface area contributed by atoms with E-state index in [0.717, 1.165) is 6.20 Å². The molecule has 0 aliphatic heterocycles. The molecule has 6 heteroatoms. The van der Waals surface area contributed by atoms with Gasteiger partial charge in [-0.05, 0) is 11.6 Å². The van der Waals surface area contributed by atoms with Crippen LogP contribution in [0.2, 0.25) is 10.4 Å². The summed E-state index contributed by atoms with van der Waals surface area (Å²) in [5.74, 6) is -1.42. The van der Waals surface area contributed by atoms with Crippen LogP contribution in [0.5, 0.6) is 0 Å². The van der Waals surface area contributed by atoms with Gasteiger partial charge in [0.15, 0.2) is 0 Å². The fraction of sp³-hybridized carbons (Fsp3) is 0. The number of carbonyl (C=O) groups is 1. The monoisotopic (exact) mass is 191 g/mol. The fourth-order valence-electron chi connectivity index (χ4n) is 0.478. The minimum atomic E-state index is -1.42. The van der Waals surface area contributed by atoms with Crippen molar-refractivity contribution in [1.29, 1.82) is 0 Å². The molecule has 0 aliphatic carbocycles. The van der Waals surface area contributed by atoms with E-state index < -0.39 is 5.97 Å². The Hall–Kier alpha value is -0.870. The predicted molar refractivity (Wildman–Crippen MR) is 36.4 cm³/mol. The Morgan fingerprint density at radius 2 is 2.18 bits per heavy atom. The summed E-state index contributed by atoms with van der Waals surface area (Å²) in [5, 5.41) is 9.90. The van der Waals surface area contributed by atoms with E-state index in [1.54, 1.807) is 0 Å². The van der Waals surface area contributed by atoms with Gasteiger partial charge in [0.2, 0.25) is 5.28 Å². The first kappa shape index (κ1) is 8.23. The minimum Gasteiger partial charge on any atom is -0.545 e. The third-order valence-electron chi connectivity index (χ3n) is 0.933. The summed E-state index contributed by atoms with van der Waals surface area (Å²) in [4.78, 5) is 17.0. The number of nitrogens with zero attached hydrogens (tertiary/aromatic N) is 2. The van der Waals surface area contributed by atoms with Crippen LogP contribution in [0.3, 0.4) is 0 Å². The molecule has 0 saturated carbocycles. The average molecular weight is 192 g/mol. The Morgan fingerprint density at radius 3 is 2.64 bits per heavy atom. The number of rotatable bonds is 1. The van der Waals surface area contributed by atoms with Crippen molar-refractivity contribution >= 4 is 29.2 Å². The molecule has 58 valence electrons. The lowest BCUT2D eigenvalue weighted by Crippen LogP contribution is -2.23. The van der Waals surface area contributed by atoms with E-state index in [1.807, 2.05) is 0 Å². The lowest BCUT2D eigenvalue weighted by atomic mass is 10.3. The van der Waals surface area contributed by atoms with E-state index in [0.29, 0.717) is 0 Å². The molecule has 0 spiro atoms. The molecule has 1 heterocycles. The van der Waals surface area contributed by atoms with E-state index in [1.165, 1.54) is 0 Å². The molecule has 0 saturated heterocycles. The topological polar surface area (TPSA) is 65.9 Å². The maximum absolute atomic E-state index is 10.2. The molecule has 0 aromatic carbocycles. The average Bonchev–Trinajstić information content (AvgIpc) is 1.85. The van der Waals surface area contributed by atoms with Crippen molar-refractivity contribution in [3.8, 4) is 0 Å². The number of carbonyl (C=O) groups excluding carboxylic acids is 1. The highest BCUT2D eigenvalue weighted by Gasteiger charge is 2.03. The van der Waals surface area contributed by atoms with Crippen LogP contribution in [0.25, 0.3) is 0 Å². The van der Waals surface area contributed by atoms with Crippen molar-refractivity contribution in [3.05, 3.63) is 22.2 Å². The highest BCUT2D eigenvalue weighted by Crippen LogP contribution is 2.12. The number of carboxylic acids is 1. The molecule has 0 N–H and O–H groups in total. The third-order valence-corrected chi connectivity index (χ3v) is 1.40. The molecule has 1 aromatic rings. The summed E-state index contributed by atoms with van der Waals surface area (Å²) < 4.78 is 0. The summed E-state index contributed by atoms with van der Waals surface area (Å²) in [7, 11) is 0. The van der Waals surface area contributed by atoms with Crippen molar-refractivity contribution in [2.75, 3.05) is 0 Å². The Kier molecular flexibility index (Phi) is 2.26. The number of halogens is 2. The van der Waals surface area contributed by atoms with Gasteiger partial charge in [-0.3, -0.25) is 0 Å². The van der Waals surface area contributed by atoms with E-state index in [9.17, 15) is 9.90 Å². The van der Waals surface area contributed by atoms with Gasteiger partial charge in [-0.2, -0.15) is 0 Å². The maximum atomic E-state index is 10.2. The zero-order chi connectivity index (χ0) is 8.43. The minimum absolute atomic E-state index is 0.0972. The van der Waals surface area contributed by atoms with Gasteiger partial charge in [-0.25, -0.2) is 9.97 Å². The quantitative estimate of drug-likeness (QED) is 0.469. The highest BCUT2D eigenvalue weighted by atomic mass is 35.5. The van der Waals surface area contributed by atoms with Crippen molar-refractivity contribution in [2.24, 2.45) is 0 Å². The smallest absolute Gasteiger partial charge is 0.223 e. The zero-order valence-electron chi connectivity index (χ0n) is 5.04. The number of aromatic nitrogens is 2. The Bertz CT molecular complexity index is 303. The van der Waals surface area contributed by atoms with Gasteiger partial charge in [0.05, 0.1) is 11.5 Å². The molecule has 1 rings (SSSR count). The van der Waals surface area contributed by atoms with Gasteiger partial charge in [-0.15, -0.1) is 0 Å². The van der Waals surface area contributed by atoms with Crippen LogP contribution in [0.4, 0.5) is 0 Å². The first-order valence-corrected chi connectivity index (χ1v) is 3.26. The lowest BCUT2D eigenvalue weighted by molar-refractivity contribution is -0.255. The number of aromatic carboxylic acids is 1. The maximum Gasteiger partial charge on any atom is 0.223 e. The lowest BCUT2D eigenvalue weighted by Gasteiger charge is -2.01. The van der Waals surface area contributed by atoms with Crippen molar-refractivity contribution in [3.63, 3.8) is 0 Å². The molecule has 0 aliphatic rings. The molecule has 1 aromatic heterocycles. The van der Waals surface area contributed by atoms with E-state index in [4.69, 9.17) is 23.2 Å². The Morgan fingerprint density at radius 1 is 1.55 bits per heavy atom. The largest absolute Gasteiger partial charge is 0.545 e. The molecule has 0 bridgehead atoms. The summed E-state index contributed by atoms with van der Waals surface area (Å²) in [6.07, 6.45) is 0.993. The number of hydrogen-bond donors (Lipinski definition) is 0. The molecule has 0 unspecified atom stereocenters. The van der Waals surface area contributed by atoms with Crippen LogP contribution in [0, 0.1) is 0 Å².